The number of hydrogen-bond acceptors (Lipinski definition) is 5. The first-order valence-electron chi connectivity index (χ1n) is 9.81. The van der Waals surface area contributed by atoms with Gasteiger partial charge in [0.25, 0.3) is 0 Å². The van der Waals surface area contributed by atoms with E-state index in [1.54, 1.807) is 0 Å². The van der Waals surface area contributed by atoms with Crippen LogP contribution < -0.4 is 5.32 Å². The molecule has 1 aliphatic heterocycles. The largest absolute Gasteiger partial charge is 0.376 e. The van der Waals surface area contributed by atoms with Crippen molar-refractivity contribution in [2.75, 3.05) is 12.4 Å². The number of amides is 1. The highest BCUT2D eigenvalue weighted by atomic mass is 32.2. The highest BCUT2D eigenvalue weighted by Crippen LogP contribution is 2.31. The molecule has 1 saturated heterocycles. The van der Waals surface area contributed by atoms with Crippen LogP contribution in [0.2, 0.25) is 0 Å². The maximum atomic E-state index is 12.1. The number of aromatic amines is 1. The van der Waals surface area contributed by atoms with Gasteiger partial charge in [-0.2, -0.15) is 0 Å². The first-order valence-corrected chi connectivity index (χ1v) is 10.8. The lowest BCUT2D eigenvalue weighted by Gasteiger charge is -2.14. The number of carbonyl (C=O) groups is 1. The number of aromatic nitrogens is 4. The third-order valence-electron chi connectivity index (χ3n) is 5.23. The molecule has 3 heterocycles. The molecule has 1 saturated carbocycles. The third-order valence-corrected chi connectivity index (χ3v) is 6.20. The van der Waals surface area contributed by atoms with Crippen molar-refractivity contribution in [2.24, 2.45) is 0 Å². The molecular formula is C20H23N5O2S. The van der Waals surface area contributed by atoms with Gasteiger partial charge in [0.05, 0.1) is 18.4 Å². The Kier molecular flexibility index (Phi) is 4.82. The van der Waals surface area contributed by atoms with Crippen LogP contribution >= 0.6 is 11.8 Å². The quantitative estimate of drug-likeness (QED) is 0.599. The zero-order chi connectivity index (χ0) is 18.9. The molecule has 0 radical (unpaired) electrons. The first-order chi connectivity index (χ1) is 13.8. The normalized spacial score (nSPS) is 19.4. The van der Waals surface area contributed by atoms with Crippen LogP contribution in [-0.4, -0.2) is 50.2 Å². The molecule has 2 aromatic heterocycles. The van der Waals surface area contributed by atoms with E-state index in [2.05, 4.69) is 37.2 Å². The lowest BCUT2D eigenvalue weighted by molar-refractivity contribution is -0.118. The number of thioether (sulfide) groups is 1. The lowest BCUT2D eigenvalue weighted by Crippen LogP contribution is -2.27. The average Bonchev–Trinajstić information content (AvgIpc) is 3.11. The standard InChI is InChI=1S/C20H23N5O2S/c26-18(22-13-7-8-13)12-28-20-24-23-19(25(20)11-14-4-3-9-27-14)16-10-21-17-6-2-1-5-15(16)17/h1-2,5-6,10,13-14,21H,3-4,7-9,11-12H2,(H,22,26). The summed E-state index contributed by atoms with van der Waals surface area (Å²) in [5.74, 6) is 1.24. The maximum absolute atomic E-state index is 12.1. The van der Waals surface area contributed by atoms with Crippen molar-refractivity contribution < 1.29 is 9.53 Å². The number of ether oxygens (including phenoxy) is 1. The summed E-state index contributed by atoms with van der Waals surface area (Å²) < 4.78 is 7.97. The van der Waals surface area contributed by atoms with E-state index in [9.17, 15) is 4.79 Å². The molecule has 1 unspecified atom stereocenters. The Morgan fingerprint density at radius 3 is 3.00 bits per heavy atom. The second kappa shape index (κ2) is 7.60. The molecule has 2 N–H and O–H groups in total. The lowest BCUT2D eigenvalue weighted by atomic mass is 10.1. The SMILES string of the molecule is O=C(CSc1nnc(-c2c[nH]c3ccccc23)n1CC1CCCO1)NC1CC1. The summed E-state index contributed by atoms with van der Waals surface area (Å²) in [6.07, 6.45) is 6.46. The Bertz CT molecular complexity index is 988. The molecule has 5 rings (SSSR count). The number of para-hydroxylation sites is 1. The van der Waals surface area contributed by atoms with Gasteiger partial charge in [-0.15, -0.1) is 10.2 Å². The molecular weight excluding hydrogens is 374 g/mol. The zero-order valence-electron chi connectivity index (χ0n) is 15.6. The van der Waals surface area contributed by atoms with Gasteiger partial charge in [-0.25, -0.2) is 0 Å². The minimum Gasteiger partial charge on any atom is -0.376 e. The third kappa shape index (κ3) is 3.66. The number of H-pyrrole nitrogens is 1. The van der Waals surface area contributed by atoms with E-state index < -0.39 is 0 Å². The summed E-state index contributed by atoms with van der Waals surface area (Å²) in [5.41, 5.74) is 2.09. The van der Waals surface area contributed by atoms with Crippen LogP contribution in [0.1, 0.15) is 25.7 Å². The van der Waals surface area contributed by atoms with Crippen molar-refractivity contribution in [1.82, 2.24) is 25.1 Å². The Morgan fingerprint density at radius 1 is 1.29 bits per heavy atom. The molecule has 2 aliphatic rings. The molecule has 1 aliphatic carbocycles. The van der Waals surface area contributed by atoms with Crippen LogP contribution in [0.25, 0.3) is 22.3 Å². The van der Waals surface area contributed by atoms with Gasteiger partial charge in [0.2, 0.25) is 5.91 Å². The van der Waals surface area contributed by atoms with Crippen molar-refractivity contribution in [3.8, 4) is 11.4 Å². The summed E-state index contributed by atoms with van der Waals surface area (Å²) in [6.45, 7) is 1.51. The van der Waals surface area contributed by atoms with Gasteiger partial charge in [0.15, 0.2) is 11.0 Å². The molecule has 7 nitrogen and oxygen atoms in total. The minimum atomic E-state index is 0.0628. The number of benzene rings is 1. The predicted octanol–water partition coefficient (Wildman–Crippen LogP) is 2.98. The van der Waals surface area contributed by atoms with Crippen molar-refractivity contribution in [2.45, 2.75) is 49.5 Å². The number of rotatable bonds is 7. The number of nitrogens with zero attached hydrogens (tertiary/aromatic N) is 3. The highest BCUT2D eigenvalue weighted by molar-refractivity contribution is 7.99. The molecule has 28 heavy (non-hydrogen) atoms. The van der Waals surface area contributed by atoms with Gasteiger partial charge in [0, 0.05) is 35.3 Å². The molecule has 1 amide bonds. The Hall–Kier alpha value is -2.32. The van der Waals surface area contributed by atoms with E-state index in [4.69, 9.17) is 4.74 Å². The van der Waals surface area contributed by atoms with Crippen LogP contribution in [0.5, 0.6) is 0 Å². The van der Waals surface area contributed by atoms with Gasteiger partial charge in [-0.05, 0) is 31.7 Å². The number of hydrogen-bond donors (Lipinski definition) is 2. The predicted molar refractivity (Wildman–Crippen MR) is 108 cm³/mol. The Morgan fingerprint density at radius 2 is 2.18 bits per heavy atom. The van der Waals surface area contributed by atoms with Crippen LogP contribution in [-0.2, 0) is 16.1 Å². The molecule has 0 spiro atoms. The second-order valence-corrected chi connectivity index (χ2v) is 8.37. The molecule has 1 aromatic carbocycles. The topological polar surface area (TPSA) is 84.8 Å². The van der Waals surface area contributed by atoms with E-state index in [0.29, 0.717) is 18.3 Å². The number of fused-ring (bicyclic) bond motifs is 1. The number of nitrogens with one attached hydrogen (secondary N) is 2. The van der Waals surface area contributed by atoms with Gasteiger partial charge < -0.3 is 15.0 Å². The molecule has 146 valence electrons. The van der Waals surface area contributed by atoms with Crippen molar-refractivity contribution in [1.29, 1.82) is 0 Å². The molecule has 3 aromatic rings. The molecule has 8 heteroatoms. The monoisotopic (exact) mass is 397 g/mol. The van der Waals surface area contributed by atoms with Crippen molar-refractivity contribution in [3.63, 3.8) is 0 Å². The van der Waals surface area contributed by atoms with Gasteiger partial charge in [-0.3, -0.25) is 9.36 Å². The molecule has 2 fully saturated rings. The molecule has 0 bridgehead atoms. The van der Waals surface area contributed by atoms with Crippen molar-refractivity contribution >= 4 is 28.6 Å². The van der Waals surface area contributed by atoms with E-state index >= 15 is 0 Å². The van der Waals surface area contributed by atoms with Gasteiger partial charge >= 0.3 is 0 Å². The van der Waals surface area contributed by atoms with Crippen LogP contribution in [0.4, 0.5) is 0 Å². The zero-order valence-corrected chi connectivity index (χ0v) is 16.4. The Labute approximate surface area is 167 Å². The summed E-state index contributed by atoms with van der Waals surface area (Å²) in [6, 6.07) is 8.55. The fraction of sp³-hybridized carbons (Fsp3) is 0.450. The van der Waals surface area contributed by atoms with E-state index in [0.717, 1.165) is 59.7 Å². The van der Waals surface area contributed by atoms with Gasteiger partial charge in [0.1, 0.15) is 0 Å². The van der Waals surface area contributed by atoms with Crippen molar-refractivity contribution in [3.05, 3.63) is 30.5 Å². The van der Waals surface area contributed by atoms with Crippen LogP contribution in [0.3, 0.4) is 0 Å². The number of carbonyl (C=O) groups excluding carboxylic acids is 1. The summed E-state index contributed by atoms with van der Waals surface area (Å²) in [7, 11) is 0. The van der Waals surface area contributed by atoms with Crippen LogP contribution in [0, 0.1) is 0 Å². The fourth-order valence-corrected chi connectivity index (χ4v) is 4.39. The first kappa shape index (κ1) is 17.8. The summed E-state index contributed by atoms with van der Waals surface area (Å²) >= 11 is 1.44. The summed E-state index contributed by atoms with van der Waals surface area (Å²) in [5, 5.41) is 13.8. The Balaban J connectivity index is 1.44. The van der Waals surface area contributed by atoms with Gasteiger partial charge in [-0.1, -0.05) is 30.0 Å². The summed E-state index contributed by atoms with van der Waals surface area (Å²) in [4.78, 5) is 15.4. The van der Waals surface area contributed by atoms with E-state index in [1.807, 2.05) is 18.3 Å². The average molecular weight is 398 g/mol. The van der Waals surface area contributed by atoms with Crippen LogP contribution in [0.15, 0.2) is 35.6 Å². The fourth-order valence-electron chi connectivity index (χ4n) is 3.63. The minimum absolute atomic E-state index is 0.0628. The van der Waals surface area contributed by atoms with E-state index in [1.165, 1.54) is 11.8 Å². The smallest absolute Gasteiger partial charge is 0.230 e. The highest BCUT2D eigenvalue weighted by Gasteiger charge is 2.25. The van der Waals surface area contributed by atoms with E-state index in [-0.39, 0.29) is 12.0 Å². The molecule has 1 atom stereocenters. The second-order valence-electron chi connectivity index (χ2n) is 7.43. The maximum Gasteiger partial charge on any atom is 0.230 e.